The number of nitrogens with zero attached hydrogens (tertiary/aromatic N) is 1. The summed E-state index contributed by atoms with van der Waals surface area (Å²) in [5, 5.41) is 0. The highest BCUT2D eigenvalue weighted by Crippen LogP contribution is 2.45. The molecule has 1 aliphatic heterocycles. The highest BCUT2D eigenvalue weighted by Gasteiger charge is 2.45. The van der Waals surface area contributed by atoms with Crippen molar-refractivity contribution in [3.63, 3.8) is 0 Å². The Bertz CT molecular complexity index is 266. The highest BCUT2D eigenvalue weighted by atomic mass is 15.2. The number of hydrogen-bond donors (Lipinski definition) is 0. The molecule has 0 amide bonds. The minimum atomic E-state index is 0.150. The normalized spacial score (nSPS) is 33.1. The molecule has 3 unspecified atom stereocenters. The molecule has 78 valence electrons. The fraction of sp³-hybridized carbons (Fsp3) is 0.846. The standard InChI is InChI=1S/C13H21N/c1-10(5-6-13(2,3)4)14-8-11-7-12(11)9-14/h10-12H,7-9H2,1-4H3. The average Bonchev–Trinajstić information content (AvgIpc) is 2.68. The van der Waals surface area contributed by atoms with Crippen molar-refractivity contribution in [1.29, 1.82) is 0 Å². The van der Waals surface area contributed by atoms with Crippen molar-refractivity contribution in [2.45, 2.75) is 40.2 Å². The number of hydrogen-bond acceptors (Lipinski definition) is 1. The second-order valence-corrected chi connectivity index (χ2v) is 5.91. The summed E-state index contributed by atoms with van der Waals surface area (Å²) in [6.07, 6.45) is 1.48. The van der Waals surface area contributed by atoms with Crippen LogP contribution in [-0.4, -0.2) is 24.0 Å². The SMILES string of the molecule is CC(C#CC(C)(C)C)N1CC2CC2C1. The van der Waals surface area contributed by atoms with E-state index in [1.807, 2.05) is 0 Å². The maximum Gasteiger partial charge on any atom is 0.0686 e. The molecule has 1 heterocycles. The van der Waals surface area contributed by atoms with E-state index in [0.717, 1.165) is 11.8 Å². The van der Waals surface area contributed by atoms with E-state index in [0.29, 0.717) is 6.04 Å². The zero-order chi connectivity index (χ0) is 10.3. The van der Waals surface area contributed by atoms with Gasteiger partial charge in [0.1, 0.15) is 0 Å². The minimum absolute atomic E-state index is 0.150. The van der Waals surface area contributed by atoms with Gasteiger partial charge in [0.2, 0.25) is 0 Å². The molecule has 1 aliphatic carbocycles. The predicted molar refractivity (Wildman–Crippen MR) is 59.9 cm³/mol. The monoisotopic (exact) mass is 191 g/mol. The lowest BCUT2D eigenvalue weighted by molar-refractivity contribution is 0.276. The van der Waals surface area contributed by atoms with Crippen LogP contribution in [-0.2, 0) is 0 Å². The largest absolute Gasteiger partial charge is 0.289 e. The maximum absolute atomic E-state index is 3.38. The Balaban J connectivity index is 1.88. The summed E-state index contributed by atoms with van der Waals surface area (Å²) in [5.41, 5.74) is 0.150. The average molecular weight is 191 g/mol. The second kappa shape index (κ2) is 3.28. The van der Waals surface area contributed by atoms with Crippen LogP contribution < -0.4 is 0 Å². The predicted octanol–water partition coefficient (Wildman–Crippen LogP) is 2.38. The number of fused-ring (bicyclic) bond motifs is 1. The topological polar surface area (TPSA) is 3.24 Å². The van der Waals surface area contributed by atoms with Gasteiger partial charge in [0.05, 0.1) is 6.04 Å². The van der Waals surface area contributed by atoms with Gasteiger partial charge < -0.3 is 0 Å². The third-order valence-electron chi connectivity index (χ3n) is 3.21. The molecule has 0 bridgehead atoms. The smallest absolute Gasteiger partial charge is 0.0686 e. The van der Waals surface area contributed by atoms with Crippen LogP contribution in [0.2, 0.25) is 0 Å². The van der Waals surface area contributed by atoms with E-state index in [4.69, 9.17) is 0 Å². The van der Waals surface area contributed by atoms with Crippen LogP contribution in [0.5, 0.6) is 0 Å². The molecule has 3 atom stereocenters. The fourth-order valence-corrected chi connectivity index (χ4v) is 2.16. The molecule has 0 spiro atoms. The Morgan fingerprint density at radius 3 is 2.29 bits per heavy atom. The van der Waals surface area contributed by atoms with E-state index in [1.54, 1.807) is 0 Å². The third kappa shape index (κ3) is 2.30. The van der Waals surface area contributed by atoms with E-state index < -0.39 is 0 Å². The van der Waals surface area contributed by atoms with Gasteiger partial charge in [0, 0.05) is 18.5 Å². The fourth-order valence-electron chi connectivity index (χ4n) is 2.16. The Morgan fingerprint density at radius 1 is 1.21 bits per heavy atom. The number of likely N-dealkylation sites (tertiary alicyclic amines) is 1. The molecule has 2 rings (SSSR count). The van der Waals surface area contributed by atoms with Crippen LogP contribution >= 0.6 is 0 Å². The molecule has 0 aromatic rings. The van der Waals surface area contributed by atoms with Crippen molar-refractivity contribution in [3.8, 4) is 11.8 Å². The van der Waals surface area contributed by atoms with Crippen molar-refractivity contribution in [2.75, 3.05) is 13.1 Å². The molecule has 0 radical (unpaired) electrons. The summed E-state index contributed by atoms with van der Waals surface area (Å²) in [6, 6.07) is 0.460. The zero-order valence-electron chi connectivity index (χ0n) is 9.80. The Morgan fingerprint density at radius 2 is 1.79 bits per heavy atom. The maximum atomic E-state index is 3.38. The van der Waals surface area contributed by atoms with Gasteiger partial charge in [0.25, 0.3) is 0 Å². The Kier molecular flexibility index (Phi) is 2.35. The van der Waals surface area contributed by atoms with E-state index >= 15 is 0 Å². The van der Waals surface area contributed by atoms with E-state index in [1.165, 1.54) is 19.5 Å². The first-order valence-corrected chi connectivity index (χ1v) is 5.72. The lowest BCUT2D eigenvalue weighted by atomic mass is 9.97. The summed E-state index contributed by atoms with van der Waals surface area (Å²) in [7, 11) is 0. The molecule has 1 saturated carbocycles. The summed E-state index contributed by atoms with van der Waals surface area (Å²) in [6.45, 7) is 11.4. The van der Waals surface area contributed by atoms with Gasteiger partial charge in [0.15, 0.2) is 0 Å². The summed E-state index contributed by atoms with van der Waals surface area (Å²) in [5.74, 6) is 8.76. The van der Waals surface area contributed by atoms with Crippen LogP contribution in [0, 0.1) is 29.1 Å². The minimum Gasteiger partial charge on any atom is -0.289 e. The Hall–Kier alpha value is -0.480. The molecule has 1 heteroatoms. The van der Waals surface area contributed by atoms with Gasteiger partial charge in [-0.15, -0.1) is 0 Å². The first-order chi connectivity index (χ1) is 6.46. The molecular weight excluding hydrogens is 170 g/mol. The lowest BCUT2D eigenvalue weighted by Crippen LogP contribution is -2.31. The first-order valence-electron chi connectivity index (χ1n) is 5.72. The van der Waals surface area contributed by atoms with Gasteiger partial charge in [-0.05, 0) is 46.0 Å². The van der Waals surface area contributed by atoms with Crippen molar-refractivity contribution < 1.29 is 0 Å². The second-order valence-electron chi connectivity index (χ2n) is 5.91. The van der Waals surface area contributed by atoms with Crippen LogP contribution in [0.25, 0.3) is 0 Å². The molecule has 14 heavy (non-hydrogen) atoms. The highest BCUT2D eigenvalue weighted by molar-refractivity contribution is 5.14. The van der Waals surface area contributed by atoms with E-state index in [2.05, 4.69) is 44.4 Å². The van der Waals surface area contributed by atoms with Crippen LogP contribution in [0.15, 0.2) is 0 Å². The number of piperidine rings is 1. The first kappa shape index (κ1) is 10.1. The number of rotatable bonds is 1. The van der Waals surface area contributed by atoms with Gasteiger partial charge in [-0.2, -0.15) is 0 Å². The van der Waals surface area contributed by atoms with Crippen molar-refractivity contribution in [3.05, 3.63) is 0 Å². The molecule has 1 saturated heterocycles. The lowest BCUT2D eigenvalue weighted by Gasteiger charge is -2.21. The third-order valence-corrected chi connectivity index (χ3v) is 3.21. The Labute approximate surface area is 87.9 Å². The van der Waals surface area contributed by atoms with Gasteiger partial charge in [-0.3, -0.25) is 4.90 Å². The zero-order valence-corrected chi connectivity index (χ0v) is 9.80. The molecule has 2 fully saturated rings. The van der Waals surface area contributed by atoms with E-state index in [-0.39, 0.29) is 5.41 Å². The van der Waals surface area contributed by atoms with Gasteiger partial charge in [-0.25, -0.2) is 0 Å². The summed E-state index contributed by atoms with van der Waals surface area (Å²) >= 11 is 0. The molecule has 1 nitrogen and oxygen atoms in total. The van der Waals surface area contributed by atoms with Crippen LogP contribution in [0.3, 0.4) is 0 Å². The molecule has 2 aliphatic rings. The molecule has 0 N–H and O–H groups in total. The quantitative estimate of drug-likeness (QED) is 0.575. The van der Waals surface area contributed by atoms with Crippen LogP contribution in [0.1, 0.15) is 34.1 Å². The molecular formula is C13H21N. The van der Waals surface area contributed by atoms with E-state index in [9.17, 15) is 0 Å². The van der Waals surface area contributed by atoms with Gasteiger partial charge in [-0.1, -0.05) is 11.8 Å². The van der Waals surface area contributed by atoms with Crippen molar-refractivity contribution in [1.82, 2.24) is 4.90 Å². The molecule has 0 aromatic carbocycles. The summed E-state index contributed by atoms with van der Waals surface area (Å²) < 4.78 is 0. The van der Waals surface area contributed by atoms with Gasteiger partial charge >= 0.3 is 0 Å². The van der Waals surface area contributed by atoms with Crippen LogP contribution in [0.4, 0.5) is 0 Å². The van der Waals surface area contributed by atoms with Crippen molar-refractivity contribution >= 4 is 0 Å². The molecule has 0 aromatic heterocycles. The summed E-state index contributed by atoms with van der Waals surface area (Å²) in [4.78, 5) is 2.54. The van der Waals surface area contributed by atoms with Crippen molar-refractivity contribution in [2.24, 2.45) is 17.3 Å².